The van der Waals surface area contributed by atoms with Crippen molar-refractivity contribution in [2.75, 3.05) is 18.4 Å². The van der Waals surface area contributed by atoms with Crippen LogP contribution in [0.2, 0.25) is 0 Å². The zero-order valence-corrected chi connectivity index (χ0v) is 15.6. The van der Waals surface area contributed by atoms with Gasteiger partial charge < -0.3 is 10.2 Å². The zero-order chi connectivity index (χ0) is 19.3. The summed E-state index contributed by atoms with van der Waals surface area (Å²) in [6.07, 6.45) is 4.30. The number of hydrogen-bond donors (Lipinski definition) is 1. The lowest BCUT2D eigenvalue weighted by atomic mass is 10.1. The molecule has 1 aliphatic rings. The van der Waals surface area contributed by atoms with Gasteiger partial charge in [-0.05, 0) is 49.1 Å². The topological polar surface area (TPSA) is 75.4 Å². The molecule has 1 saturated heterocycles. The third kappa shape index (κ3) is 4.27. The van der Waals surface area contributed by atoms with E-state index >= 15 is 0 Å². The van der Waals surface area contributed by atoms with E-state index in [0.29, 0.717) is 36.7 Å². The van der Waals surface area contributed by atoms with E-state index in [4.69, 9.17) is 0 Å². The number of aromatic nitrogens is 4. The number of halogens is 1. The number of aryl methyl sites for hydroxylation is 1. The van der Waals surface area contributed by atoms with E-state index in [1.54, 1.807) is 16.6 Å². The van der Waals surface area contributed by atoms with E-state index in [1.165, 1.54) is 18.6 Å². The van der Waals surface area contributed by atoms with Gasteiger partial charge in [0.1, 0.15) is 11.6 Å². The summed E-state index contributed by atoms with van der Waals surface area (Å²) in [6, 6.07) is 10.0. The van der Waals surface area contributed by atoms with Gasteiger partial charge in [-0.3, -0.25) is 4.79 Å². The van der Waals surface area contributed by atoms with Crippen molar-refractivity contribution in [3.8, 4) is 0 Å². The minimum absolute atomic E-state index is 0.169. The number of fused-ring (bicyclic) bond motifs is 1. The molecule has 3 heterocycles. The van der Waals surface area contributed by atoms with Crippen LogP contribution in [0.5, 0.6) is 0 Å². The van der Waals surface area contributed by atoms with Crippen molar-refractivity contribution >= 4 is 17.4 Å². The minimum atomic E-state index is -0.253. The highest BCUT2D eigenvalue weighted by Crippen LogP contribution is 2.13. The lowest BCUT2D eigenvalue weighted by molar-refractivity contribution is -0.132. The summed E-state index contributed by atoms with van der Waals surface area (Å²) in [6.45, 7) is 2.24. The number of piperidine rings is 1. The standard InChI is InChI=1S/C20H23FN6O/c21-16-6-4-15(5-7-16)14-22-17-8-9-18-23-24-19(27(18)25-17)10-11-20(28)26-12-2-1-3-13-26/h4-9H,1-3,10-14H2,(H,22,25). The first-order valence-electron chi connectivity index (χ1n) is 9.66. The van der Waals surface area contributed by atoms with Crippen LogP contribution in [0.4, 0.5) is 10.2 Å². The van der Waals surface area contributed by atoms with Crippen LogP contribution in [0, 0.1) is 5.82 Å². The predicted molar refractivity (Wildman–Crippen MR) is 103 cm³/mol. The molecule has 0 bridgehead atoms. The molecule has 28 heavy (non-hydrogen) atoms. The van der Waals surface area contributed by atoms with Gasteiger partial charge in [0.05, 0.1) is 0 Å². The number of carbonyl (C=O) groups excluding carboxylic acids is 1. The molecule has 0 atom stereocenters. The number of rotatable bonds is 6. The molecule has 1 fully saturated rings. The van der Waals surface area contributed by atoms with Gasteiger partial charge in [-0.25, -0.2) is 4.39 Å². The quantitative estimate of drug-likeness (QED) is 0.710. The normalized spacial score (nSPS) is 14.4. The second kappa shape index (κ2) is 8.33. The van der Waals surface area contributed by atoms with Crippen LogP contribution in [0.25, 0.3) is 5.65 Å². The minimum Gasteiger partial charge on any atom is -0.365 e. The fraction of sp³-hybridized carbons (Fsp3) is 0.400. The van der Waals surface area contributed by atoms with Crippen molar-refractivity contribution in [1.29, 1.82) is 0 Å². The van der Waals surface area contributed by atoms with Crippen LogP contribution in [-0.4, -0.2) is 43.7 Å². The molecule has 1 aromatic carbocycles. The van der Waals surface area contributed by atoms with E-state index in [0.717, 1.165) is 31.5 Å². The van der Waals surface area contributed by atoms with Gasteiger partial charge in [0.2, 0.25) is 5.91 Å². The second-order valence-corrected chi connectivity index (χ2v) is 7.03. The molecule has 0 saturated carbocycles. The first kappa shape index (κ1) is 18.3. The van der Waals surface area contributed by atoms with Gasteiger partial charge in [0.15, 0.2) is 11.5 Å². The Balaban J connectivity index is 1.40. The Morgan fingerprint density at radius 1 is 1.04 bits per heavy atom. The lowest BCUT2D eigenvalue weighted by Crippen LogP contribution is -2.35. The molecule has 0 unspecified atom stereocenters. The second-order valence-electron chi connectivity index (χ2n) is 7.03. The Hall–Kier alpha value is -3.03. The average molecular weight is 382 g/mol. The largest absolute Gasteiger partial charge is 0.365 e. The van der Waals surface area contributed by atoms with Crippen LogP contribution in [0.3, 0.4) is 0 Å². The van der Waals surface area contributed by atoms with Crippen LogP contribution >= 0.6 is 0 Å². The summed E-state index contributed by atoms with van der Waals surface area (Å²) in [5.41, 5.74) is 1.60. The van der Waals surface area contributed by atoms with E-state index in [9.17, 15) is 9.18 Å². The molecule has 1 N–H and O–H groups in total. The Morgan fingerprint density at radius 3 is 2.61 bits per heavy atom. The van der Waals surface area contributed by atoms with Crippen molar-refractivity contribution in [3.63, 3.8) is 0 Å². The molecule has 2 aromatic heterocycles. The molecule has 4 rings (SSSR count). The predicted octanol–water partition coefficient (Wildman–Crippen LogP) is 2.82. The number of nitrogens with one attached hydrogen (secondary N) is 1. The SMILES string of the molecule is O=C(CCc1nnc2ccc(NCc3ccc(F)cc3)nn12)N1CCCCC1. The third-order valence-corrected chi connectivity index (χ3v) is 4.99. The van der Waals surface area contributed by atoms with Gasteiger partial charge in [-0.1, -0.05) is 12.1 Å². The third-order valence-electron chi connectivity index (χ3n) is 4.99. The highest BCUT2D eigenvalue weighted by Gasteiger charge is 2.17. The van der Waals surface area contributed by atoms with E-state index in [-0.39, 0.29) is 11.7 Å². The van der Waals surface area contributed by atoms with Gasteiger partial charge in [-0.2, -0.15) is 4.52 Å². The summed E-state index contributed by atoms with van der Waals surface area (Å²) < 4.78 is 14.7. The molecule has 146 valence electrons. The van der Waals surface area contributed by atoms with Gasteiger partial charge in [0.25, 0.3) is 0 Å². The van der Waals surface area contributed by atoms with Crippen LogP contribution in [0.1, 0.15) is 37.1 Å². The van der Waals surface area contributed by atoms with E-state index in [2.05, 4.69) is 20.6 Å². The molecule has 8 heteroatoms. The summed E-state index contributed by atoms with van der Waals surface area (Å²) in [5.74, 6) is 1.25. The summed E-state index contributed by atoms with van der Waals surface area (Å²) in [4.78, 5) is 14.3. The number of benzene rings is 1. The maximum atomic E-state index is 13.0. The molecule has 0 spiro atoms. The van der Waals surface area contributed by atoms with Gasteiger partial charge >= 0.3 is 0 Å². The first-order chi connectivity index (χ1) is 13.7. The number of hydrogen-bond acceptors (Lipinski definition) is 5. The van der Waals surface area contributed by atoms with Crippen molar-refractivity contribution in [1.82, 2.24) is 24.7 Å². The van der Waals surface area contributed by atoms with Crippen LogP contribution < -0.4 is 5.32 Å². The van der Waals surface area contributed by atoms with E-state index in [1.807, 2.05) is 17.0 Å². The molecule has 7 nitrogen and oxygen atoms in total. The Kier molecular flexibility index (Phi) is 5.45. The van der Waals surface area contributed by atoms with Crippen LogP contribution in [-0.2, 0) is 17.8 Å². The number of amides is 1. The van der Waals surface area contributed by atoms with Crippen LogP contribution in [0.15, 0.2) is 36.4 Å². The number of likely N-dealkylation sites (tertiary alicyclic amines) is 1. The maximum absolute atomic E-state index is 13.0. The van der Waals surface area contributed by atoms with Crippen molar-refractivity contribution in [3.05, 3.63) is 53.6 Å². The first-order valence-corrected chi connectivity index (χ1v) is 9.66. The Morgan fingerprint density at radius 2 is 1.82 bits per heavy atom. The average Bonchev–Trinajstić information content (AvgIpc) is 3.14. The van der Waals surface area contributed by atoms with Gasteiger partial charge in [0, 0.05) is 32.5 Å². The maximum Gasteiger partial charge on any atom is 0.223 e. The molecule has 1 aliphatic heterocycles. The van der Waals surface area contributed by atoms with Crippen molar-refractivity contribution in [2.24, 2.45) is 0 Å². The van der Waals surface area contributed by atoms with E-state index < -0.39 is 0 Å². The number of nitrogens with zero attached hydrogens (tertiary/aromatic N) is 5. The van der Waals surface area contributed by atoms with Crippen molar-refractivity contribution in [2.45, 2.75) is 38.6 Å². The molecule has 0 aliphatic carbocycles. The monoisotopic (exact) mass is 382 g/mol. The fourth-order valence-electron chi connectivity index (χ4n) is 3.40. The molecule has 1 amide bonds. The number of anilines is 1. The molecular formula is C20H23FN6O. The lowest BCUT2D eigenvalue weighted by Gasteiger charge is -2.26. The Labute approximate surface area is 162 Å². The molecular weight excluding hydrogens is 359 g/mol. The highest BCUT2D eigenvalue weighted by molar-refractivity contribution is 5.76. The molecule has 3 aromatic rings. The summed E-state index contributed by atoms with van der Waals surface area (Å²) >= 11 is 0. The highest BCUT2D eigenvalue weighted by atomic mass is 19.1. The Bertz CT molecular complexity index is 949. The molecule has 0 radical (unpaired) electrons. The fourth-order valence-corrected chi connectivity index (χ4v) is 3.40. The smallest absolute Gasteiger partial charge is 0.223 e. The zero-order valence-electron chi connectivity index (χ0n) is 15.6. The summed E-state index contributed by atoms with van der Waals surface area (Å²) in [7, 11) is 0. The van der Waals surface area contributed by atoms with Crippen molar-refractivity contribution < 1.29 is 9.18 Å². The van der Waals surface area contributed by atoms with Gasteiger partial charge in [-0.15, -0.1) is 15.3 Å². The number of carbonyl (C=O) groups is 1. The summed E-state index contributed by atoms with van der Waals surface area (Å²) in [5, 5.41) is 16.1.